The molecule has 0 saturated carbocycles. The predicted octanol–water partition coefficient (Wildman–Crippen LogP) is 3.54. The fraction of sp³-hybridized carbons (Fsp3) is 0.176. The minimum atomic E-state index is -0.693. The molecule has 1 unspecified atom stereocenters. The van der Waals surface area contributed by atoms with E-state index in [1.54, 1.807) is 19.3 Å². The number of aryl methyl sites for hydroxylation is 1. The topological polar surface area (TPSA) is 50.9 Å². The summed E-state index contributed by atoms with van der Waals surface area (Å²) in [6.45, 7) is 1.79. The fourth-order valence-electron chi connectivity index (χ4n) is 2.34. The summed E-state index contributed by atoms with van der Waals surface area (Å²) in [4.78, 5) is 0. The highest BCUT2D eigenvalue weighted by molar-refractivity contribution is 7.99. The molecule has 0 spiro atoms. The van der Waals surface area contributed by atoms with Crippen molar-refractivity contribution in [2.24, 2.45) is 0 Å². The number of thioether (sulfide) groups is 1. The second kappa shape index (κ2) is 6.93. The van der Waals surface area contributed by atoms with Gasteiger partial charge in [0.1, 0.15) is 12.1 Å². The molecule has 0 amide bonds. The third-order valence-corrected chi connectivity index (χ3v) is 4.53. The first-order valence-corrected chi connectivity index (χ1v) is 8.16. The molecule has 2 aromatic carbocycles. The molecular weight excluding hydrogens is 313 g/mol. The van der Waals surface area contributed by atoms with Crippen LogP contribution in [0, 0.1) is 12.7 Å². The Hall–Kier alpha value is -2.18. The van der Waals surface area contributed by atoms with Gasteiger partial charge in [-0.1, -0.05) is 36.0 Å². The van der Waals surface area contributed by atoms with Crippen molar-refractivity contribution in [1.82, 2.24) is 14.8 Å². The molecule has 1 atom stereocenters. The maximum atomic E-state index is 13.2. The average Bonchev–Trinajstić information content (AvgIpc) is 3.02. The Kier molecular flexibility index (Phi) is 4.73. The van der Waals surface area contributed by atoms with Crippen LogP contribution in [-0.2, 0) is 0 Å². The molecular formula is C17H16FN3OS. The molecule has 0 aliphatic carbocycles. The average molecular weight is 329 g/mol. The summed E-state index contributed by atoms with van der Waals surface area (Å²) in [7, 11) is 0. The van der Waals surface area contributed by atoms with Gasteiger partial charge in [0.2, 0.25) is 0 Å². The number of aliphatic hydroxyl groups is 1. The Labute approximate surface area is 138 Å². The van der Waals surface area contributed by atoms with Crippen molar-refractivity contribution in [1.29, 1.82) is 0 Å². The summed E-state index contributed by atoms with van der Waals surface area (Å²) in [6.07, 6.45) is 0.953. The largest absolute Gasteiger partial charge is 0.388 e. The van der Waals surface area contributed by atoms with E-state index < -0.39 is 6.10 Å². The van der Waals surface area contributed by atoms with Crippen LogP contribution >= 0.6 is 11.8 Å². The summed E-state index contributed by atoms with van der Waals surface area (Å²) < 4.78 is 15.0. The van der Waals surface area contributed by atoms with Crippen molar-refractivity contribution < 1.29 is 9.50 Å². The Morgan fingerprint density at radius 1 is 1.22 bits per heavy atom. The van der Waals surface area contributed by atoms with Gasteiger partial charge in [0.05, 0.1) is 6.10 Å². The molecule has 0 saturated heterocycles. The Morgan fingerprint density at radius 2 is 2.00 bits per heavy atom. The second-order valence-electron chi connectivity index (χ2n) is 5.15. The quantitative estimate of drug-likeness (QED) is 0.728. The van der Waals surface area contributed by atoms with E-state index in [0.717, 1.165) is 16.8 Å². The number of rotatable bonds is 5. The van der Waals surface area contributed by atoms with E-state index in [1.807, 2.05) is 34.9 Å². The van der Waals surface area contributed by atoms with Gasteiger partial charge >= 0.3 is 0 Å². The van der Waals surface area contributed by atoms with Crippen molar-refractivity contribution in [2.45, 2.75) is 18.2 Å². The van der Waals surface area contributed by atoms with Gasteiger partial charge in [-0.05, 0) is 42.3 Å². The normalized spacial score (nSPS) is 12.3. The number of para-hydroxylation sites is 1. The highest BCUT2D eigenvalue weighted by Crippen LogP contribution is 2.27. The van der Waals surface area contributed by atoms with Crippen LogP contribution < -0.4 is 0 Å². The lowest BCUT2D eigenvalue weighted by Gasteiger charge is -2.13. The van der Waals surface area contributed by atoms with E-state index in [1.165, 1.54) is 23.9 Å². The molecule has 0 bridgehead atoms. The Morgan fingerprint density at radius 3 is 2.74 bits per heavy atom. The molecule has 1 aromatic heterocycles. The Bertz CT molecular complexity index is 792. The first kappa shape index (κ1) is 15.7. The molecule has 0 aliphatic heterocycles. The van der Waals surface area contributed by atoms with Crippen LogP contribution in [0.5, 0.6) is 0 Å². The van der Waals surface area contributed by atoms with Crippen molar-refractivity contribution in [2.75, 3.05) is 5.75 Å². The van der Waals surface area contributed by atoms with Crippen LogP contribution in [0.1, 0.15) is 17.2 Å². The monoisotopic (exact) mass is 329 g/mol. The van der Waals surface area contributed by atoms with Gasteiger partial charge < -0.3 is 5.11 Å². The summed E-state index contributed by atoms with van der Waals surface area (Å²) in [5, 5.41) is 19.1. The third-order valence-electron chi connectivity index (χ3n) is 3.51. The predicted molar refractivity (Wildman–Crippen MR) is 88.2 cm³/mol. The fourth-order valence-corrected chi connectivity index (χ4v) is 3.23. The first-order chi connectivity index (χ1) is 11.1. The molecule has 0 aliphatic rings. The lowest BCUT2D eigenvalue weighted by Crippen LogP contribution is -2.04. The van der Waals surface area contributed by atoms with E-state index >= 15 is 0 Å². The lowest BCUT2D eigenvalue weighted by molar-refractivity contribution is 0.203. The number of hydrogen-bond acceptors (Lipinski definition) is 4. The SMILES string of the molecule is Cc1cc(F)ccc1C(O)CSc1nncn1-c1ccccc1. The summed E-state index contributed by atoms with van der Waals surface area (Å²) in [5.41, 5.74) is 2.43. The zero-order valence-electron chi connectivity index (χ0n) is 12.6. The maximum absolute atomic E-state index is 13.2. The standard InChI is InChI=1S/C17H16FN3OS/c1-12-9-13(18)7-8-15(12)16(22)10-23-17-20-19-11-21(17)14-5-3-2-4-6-14/h2-9,11,16,22H,10H2,1H3. The minimum Gasteiger partial charge on any atom is -0.388 e. The van der Waals surface area contributed by atoms with Crippen LogP contribution in [0.15, 0.2) is 60.0 Å². The molecule has 6 heteroatoms. The molecule has 1 heterocycles. The van der Waals surface area contributed by atoms with Crippen molar-refractivity contribution in [3.63, 3.8) is 0 Å². The van der Waals surface area contributed by atoms with E-state index in [0.29, 0.717) is 10.9 Å². The van der Waals surface area contributed by atoms with Gasteiger partial charge in [0, 0.05) is 11.4 Å². The number of halogens is 1. The number of nitrogens with zero attached hydrogens (tertiary/aromatic N) is 3. The van der Waals surface area contributed by atoms with Crippen molar-refractivity contribution in [3.8, 4) is 5.69 Å². The van der Waals surface area contributed by atoms with Crippen LogP contribution in [0.2, 0.25) is 0 Å². The van der Waals surface area contributed by atoms with E-state index in [9.17, 15) is 9.50 Å². The van der Waals surface area contributed by atoms with Crippen molar-refractivity contribution >= 4 is 11.8 Å². The Balaban J connectivity index is 1.73. The van der Waals surface area contributed by atoms with E-state index in [-0.39, 0.29) is 5.82 Å². The van der Waals surface area contributed by atoms with Gasteiger partial charge in [0.15, 0.2) is 5.16 Å². The zero-order chi connectivity index (χ0) is 16.2. The number of aliphatic hydroxyl groups excluding tert-OH is 1. The number of aromatic nitrogens is 3. The smallest absolute Gasteiger partial charge is 0.195 e. The summed E-state index contributed by atoms with van der Waals surface area (Å²) in [6, 6.07) is 14.2. The maximum Gasteiger partial charge on any atom is 0.195 e. The molecule has 23 heavy (non-hydrogen) atoms. The molecule has 118 valence electrons. The van der Waals surface area contributed by atoms with Gasteiger partial charge in [0.25, 0.3) is 0 Å². The third kappa shape index (κ3) is 3.60. The van der Waals surface area contributed by atoms with E-state index in [4.69, 9.17) is 0 Å². The zero-order valence-corrected chi connectivity index (χ0v) is 13.4. The van der Waals surface area contributed by atoms with Crippen LogP contribution in [0.4, 0.5) is 4.39 Å². The first-order valence-electron chi connectivity index (χ1n) is 7.17. The lowest BCUT2D eigenvalue weighted by atomic mass is 10.0. The summed E-state index contributed by atoms with van der Waals surface area (Å²) in [5.74, 6) is 0.118. The molecule has 4 nitrogen and oxygen atoms in total. The highest BCUT2D eigenvalue weighted by Gasteiger charge is 2.14. The molecule has 0 radical (unpaired) electrons. The van der Waals surface area contributed by atoms with Gasteiger partial charge in [-0.25, -0.2) is 4.39 Å². The molecule has 3 aromatic rings. The number of hydrogen-bond donors (Lipinski definition) is 1. The summed E-state index contributed by atoms with van der Waals surface area (Å²) >= 11 is 1.41. The van der Waals surface area contributed by atoms with Crippen LogP contribution in [-0.4, -0.2) is 25.6 Å². The minimum absolute atomic E-state index is 0.296. The molecule has 0 fully saturated rings. The molecule has 3 rings (SSSR count). The van der Waals surface area contributed by atoms with Gasteiger partial charge in [-0.15, -0.1) is 10.2 Å². The van der Waals surface area contributed by atoms with E-state index in [2.05, 4.69) is 10.2 Å². The van der Waals surface area contributed by atoms with Crippen LogP contribution in [0.3, 0.4) is 0 Å². The van der Waals surface area contributed by atoms with Gasteiger partial charge in [-0.3, -0.25) is 4.57 Å². The van der Waals surface area contributed by atoms with Crippen molar-refractivity contribution in [3.05, 3.63) is 71.8 Å². The van der Waals surface area contributed by atoms with Gasteiger partial charge in [-0.2, -0.15) is 0 Å². The van der Waals surface area contributed by atoms with Crippen LogP contribution in [0.25, 0.3) is 5.69 Å². The molecule has 1 N–H and O–H groups in total. The highest BCUT2D eigenvalue weighted by atomic mass is 32.2. The number of benzene rings is 2. The second-order valence-corrected chi connectivity index (χ2v) is 6.13.